The summed E-state index contributed by atoms with van der Waals surface area (Å²) in [6, 6.07) is 8.51. The third kappa shape index (κ3) is 2.84. The van der Waals surface area contributed by atoms with Crippen molar-refractivity contribution in [2.45, 2.75) is 7.26 Å². The molecular weight excluding hydrogens is 430 g/mol. The van der Waals surface area contributed by atoms with Crippen molar-refractivity contribution in [1.82, 2.24) is 0 Å². The van der Waals surface area contributed by atoms with E-state index in [-0.39, 0.29) is 0 Å². The fourth-order valence-corrected chi connectivity index (χ4v) is 2.59. The third-order valence-electron chi connectivity index (χ3n) is 1.43. The number of halogens is 3. The molecule has 1 aromatic carbocycles. The van der Waals surface area contributed by atoms with Crippen molar-refractivity contribution in [2.75, 3.05) is 0 Å². The molecule has 0 fully saturated rings. The van der Waals surface area contributed by atoms with Gasteiger partial charge < -0.3 is 0 Å². The van der Waals surface area contributed by atoms with Gasteiger partial charge in [0, 0.05) is 5.33 Å². The van der Waals surface area contributed by atoms with Gasteiger partial charge in [-0.3, -0.25) is 0 Å². The zero-order valence-electron chi connectivity index (χ0n) is 5.73. The Kier molecular flexibility index (Phi) is 4.67. The van der Waals surface area contributed by atoms with Gasteiger partial charge in [-0.1, -0.05) is 85.4 Å². The second-order valence-corrected chi connectivity index (χ2v) is 7.57. The van der Waals surface area contributed by atoms with Gasteiger partial charge in [0.2, 0.25) is 0 Å². The first-order valence-corrected chi connectivity index (χ1v) is 6.79. The van der Waals surface area contributed by atoms with Crippen molar-refractivity contribution in [2.24, 2.45) is 0 Å². The maximum absolute atomic E-state index is 3.47. The summed E-state index contributed by atoms with van der Waals surface area (Å²) in [6.07, 6.45) is 0. The molecule has 0 N–H and O–H groups in total. The van der Waals surface area contributed by atoms with E-state index in [9.17, 15) is 0 Å². The van der Waals surface area contributed by atoms with Gasteiger partial charge in [-0.25, -0.2) is 0 Å². The quantitative estimate of drug-likeness (QED) is 0.474. The highest BCUT2D eigenvalue weighted by Gasteiger charge is 2.05. The minimum atomic E-state index is 0.568. The average Bonchev–Trinajstić information content (AvgIpc) is 2.04. The molecule has 11 heavy (non-hydrogen) atoms. The van der Waals surface area contributed by atoms with E-state index in [0.29, 0.717) is 1.93 Å². The van der Waals surface area contributed by atoms with Crippen LogP contribution < -0.4 is 0 Å². The molecule has 0 aromatic heterocycles. The molecule has 0 nitrogen and oxygen atoms in total. The molecule has 1 aromatic rings. The van der Waals surface area contributed by atoms with Crippen molar-refractivity contribution >= 4 is 61.1 Å². The highest BCUT2D eigenvalue weighted by Crippen LogP contribution is 2.33. The Morgan fingerprint density at radius 2 is 1.91 bits per heavy atom. The summed E-state index contributed by atoms with van der Waals surface area (Å²) in [5.74, 6) is 0. The van der Waals surface area contributed by atoms with E-state index in [2.05, 4.69) is 85.4 Å². The molecule has 0 bridgehead atoms. The second-order valence-electron chi connectivity index (χ2n) is 2.13. The first-order valence-electron chi connectivity index (χ1n) is 3.17. The summed E-state index contributed by atoms with van der Waals surface area (Å²) in [5.41, 5.74) is 2.81. The van der Waals surface area contributed by atoms with Gasteiger partial charge in [-0.15, -0.1) is 0 Å². The maximum atomic E-state index is 3.47. The van der Waals surface area contributed by atoms with Crippen LogP contribution >= 0.6 is 61.1 Å². The van der Waals surface area contributed by atoms with Crippen LogP contribution in [0.5, 0.6) is 0 Å². The molecule has 0 unspecified atom stereocenters. The molecule has 0 heterocycles. The Labute approximate surface area is 103 Å². The van der Waals surface area contributed by atoms with Crippen LogP contribution in [0.1, 0.15) is 13.1 Å². The standard InChI is InChI=1S/C8H7BrI2/c9-5-6-3-1-2-4-7(6)8(10)11/h1-4,8H,5H2. The summed E-state index contributed by atoms with van der Waals surface area (Å²) in [6.45, 7) is 0. The third-order valence-corrected chi connectivity index (χ3v) is 3.38. The van der Waals surface area contributed by atoms with Crippen LogP contribution in [0.3, 0.4) is 0 Å². The van der Waals surface area contributed by atoms with E-state index >= 15 is 0 Å². The van der Waals surface area contributed by atoms with E-state index < -0.39 is 0 Å². The number of hydrogen-bond acceptors (Lipinski definition) is 0. The molecule has 0 radical (unpaired) electrons. The van der Waals surface area contributed by atoms with Crippen molar-refractivity contribution in [3.8, 4) is 0 Å². The first-order chi connectivity index (χ1) is 5.25. The minimum Gasteiger partial charge on any atom is -0.0876 e. The lowest BCUT2D eigenvalue weighted by Crippen LogP contribution is -1.87. The molecule has 0 spiro atoms. The van der Waals surface area contributed by atoms with Crippen molar-refractivity contribution in [1.29, 1.82) is 0 Å². The van der Waals surface area contributed by atoms with E-state index in [1.807, 2.05) is 0 Å². The van der Waals surface area contributed by atoms with E-state index in [0.717, 1.165) is 5.33 Å². The van der Waals surface area contributed by atoms with Crippen LogP contribution in [-0.2, 0) is 5.33 Å². The van der Waals surface area contributed by atoms with Crippen molar-refractivity contribution in [3.63, 3.8) is 0 Å². The SMILES string of the molecule is BrCc1ccccc1C(I)I. The number of benzene rings is 1. The Morgan fingerprint density at radius 1 is 1.27 bits per heavy atom. The topological polar surface area (TPSA) is 0 Å². The Morgan fingerprint density at radius 3 is 2.36 bits per heavy atom. The first kappa shape index (κ1) is 10.2. The normalized spacial score (nSPS) is 10.5. The zero-order valence-corrected chi connectivity index (χ0v) is 11.6. The van der Waals surface area contributed by atoms with Crippen LogP contribution in [0.2, 0.25) is 0 Å². The van der Waals surface area contributed by atoms with E-state index in [1.165, 1.54) is 11.1 Å². The zero-order chi connectivity index (χ0) is 8.27. The van der Waals surface area contributed by atoms with Gasteiger partial charge in [0.05, 0.1) is 1.93 Å². The van der Waals surface area contributed by atoms with Crippen LogP contribution in [0.15, 0.2) is 24.3 Å². The fourth-order valence-electron chi connectivity index (χ4n) is 0.869. The van der Waals surface area contributed by atoms with E-state index in [4.69, 9.17) is 0 Å². The number of rotatable bonds is 2. The Balaban J connectivity index is 3.02. The van der Waals surface area contributed by atoms with Crippen LogP contribution in [0.4, 0.5) is 0 Å². The summed E-state index contributed by atoms with van der Waals surface area (Å²) >= 11 is 8.32. The van der Waals surface area contributed by atoms with Gasteiger partial charge in [0.15, 0.2) is 0 Å². The molecular formula is C8H7BrI2. The highest BCUT2D eigenvalue weighted by atomic mass is 127. The molecule has 0 aliphatic carbocycles. The van der Waals surface area contributed by atoms with Gasteiger partial charge in [0.1, 0.15) is 0 Å². The lowest BCUT2D eigenvalue weighted by molar-refractivity contribution is 1.32. The van der Waals surface area contributed by atoms with Crippen LogP contribution in [0, 0.1) is 0 Å². The number of alkyl halides is 3. The Hall–Kier alpha value is 1.16. The summed E-state index contributed by atoms with van der Waals surface area (Å²) in [4.78, 5) is 0. The summed E-state index contributed by atoms with van der Waals surface area (Å²) in [7, 11) is 0. The average molecular weight is 437 g/mol. The van der Waals surface area contributed by atoms with Gasteiger partial charge in [0.25, 0.3) is 0 Å². The molecule has 0 saturated carbocycles. The second kappa shape index (κ2) is 5.01. The molecule has 0 amide bonds. The summed E-state index contributed by atoms with van der Waals surface area (Å²) in [5, 5.41) is 0.950. The lowest BCUT2D eigenvalue weighted by Gasteiger charge is -2.06. The smallest absolute Gasteiger partial charge is 0.0876 e. The lowest BCUT2D eigenvalue weighted by atomic mass is 10.1. The molecule has 0 atom stereocenters. The van der Waals surface area contributed by atoms with Crippen molar-refractivity contribution < 1.29 is 0 Å². The van der Waals surface area contributed by atoms with Gasteiger partial charge >= 0.3 is 0 Å². The van der Waals surface area contributed by atoms with Crippen molar-refractivity contribution in [3.05, 3.63) is 35.4 Å². The minimum absolute atomic E-state index is 0.568. The molecule has 60 valence electrons. The van der Waals surface area contributed by atoms with Gasteiger partial charge in [-0.05, 0) is 11.1 Å². The molecule has 3 heteroatoms. The number of hydrogen-bond donors (Lipinski definition) is 0. The molecule has 0 saturated heterocycles. The predicted octanol–water partition coefficient (Wildman–Crippen LogP) is 4.45. The monoisotopic (exact) mass is 436 g/mol. The Bertz CT molecular complexity index is 235. The summed E-state index contributed by atoms with van der Waals surface area (Å²) < 4.78 is 0.568. The maximum Gasteiger partial charge on any atom is 0.0877 e. The van der Waals surface area contributed by atoms with Gasteiger partial charge in [-0.2, -0.15) is 0 Å². The predicted molar refractivity (Wildman–Crippen MR) is 69.9 cm³/mol. The molecule has 0 aliphatic rings. The molecule has 1 rings (SSSR count). The fraction of sp³-hybridized carbons (Fsp3) is 0.250. The highest BCUT2D eigenvalue weighted by molar-refractivity contribution is 14.2. The van der Waals surface area contributed by atoms with E-state index in [1.54, 1.807) is 0 Å². The molecule has 0 aliphatic heterocycles. The van der Waals surface area contributed by atoms with Crippen LogP contribution in [0.25, 0.3) is 0 Å². The van der Waals surface area contributed by atoms with Crippen LogP contribution in [-0.4, -0.2) is 0 Å². The largest absolute Gasteiger partial charge is 0.0877 e.